The van der Waals surface area contributed by atoms with Crippen LogP contribution in [0.4, 0.5) is 0 Å². The molecule has 0 amide bonds. The molecule has 6 nitrogen and oxygen atoms in total. The van der Waals surface area contributed by atoms with Crippen molar-refractivity contribution in [2.75, 3.05) is 7.11 Å². The lowest BCUT2D eigenvalue weighted by Gasteiger charge is -2.09. The second-order valence-electron chi connectivity index (χ2n) is 6.36. The van der Waals surface area contributed by atoms with Gasteiger partial charge in [0.15, 0.2) is 5.65 Å². The normalized spacial score (nSPS) is 15.2. The Kier molecular flexibility index (Phi) is 3.80. The summed E-state index contributed by atoms with van der Waals surface area (Å²) in [6.07, 6.45) is 7.39. The maximum absolute atomic E-state index is 12.4. The van der Waals surface area contributed by atoms with Crippen molar-refractivity contribution in [3.8, 4) is 11.4 Å². The van der Waals surface area contributed by atoms with E-state index in [0.29, 0.717) is 17.0 Å². The lowest BCUT2D eigenvalue weighted by atomic mass is 10.0. The fraction of sp³-hybridized carbons (Fsp3) is 0.389. The molecule has 6 heteroatoms. The Morgan fingerprint density at radius 1 is 1.33 bits per heavy atom. The zero-order chi connectivity index (χ0) is 16.5. The average molecular weight is 324 g/mol. The van der Waals surface area contributed by atoms with Crippen molar-refractivity contribution in [2.45, 2.75) is 32.1 Å². The largest absolute Gasteiger partial charge is 0.497 e. The van der Waals surface area contributed by atoms with Gasteiger partial charge in [0, 0.05) is 12.5 Å². The molecule has 1 saturated carbocycles. The summed E-state index contributed by atoms with van der Waals surface area (Å²) in [6.45, 7) is 0. The fourth-order valence-electron chi connectivity index (χ4n) is 3.48. The number of aromatic nitrogens is 4. The van der Waals surface area contributed by atoms with Crippen molar-refractivity contribution in [2.24, 2.45) is 5.92 Å². The van der Waals surface area contributed by atoms with Crippen LogP contribution in [0.15, 0.2) is 35.3 Å². The maximum Gasteiger partial charge on any atom is 0.262 e. The molecular formula is C18H20N4O2. The molecule has 0 aliphatic heterocycles. The second-order valence-corrected chi connectivity index (χ2v) is 6.36. The number of nitrogens with zero attached hydrogens (tertiary/aromatic N) is 3. The Labute approximate surface area is 139 Å². The molecule has 1 aliphatic rings. The number of methoxy groups -OCH3 is 1. The Morgan fingerprint density at radius 2 is 2.17 bits per heavy atom. The van der Waals surface area contributed by atoms with Crippen molar-refractivity contribution in [1.29, 1.82) is 0 Å². The number of aromatic amines is 1. The molecule has 0 bridgehead atoms. The van der Waals surface area contributed by atoms with Gasteiger partial charge in [-0.15, -0.1) is 0 Å². The minimum absolute atomic E-state index is 0.123. The first-order valence-corrected chi connectivity index (χ1v) is 8.36. The summed E-state index contributed by atoms with van der Waals surface area (Å²) < 4.78 is 6.97. The van der Waals surface area contributed by atoms with E-state index in [0.717, 1.165) is 23.7 Å². The lowest BCUT2D eigenvalue weighted by molar-refractivity contribution is 0.414. The summed E-state index contributed by atoms with van der Waals surface area (Å²) >= 11 is 0. The van der Waals surface area contributed by atoms with Crippen LogP contribution in [0.1, 0.15) is 31.5 Å². The van der Waals surface area contributed by atoms with Gasteiger partial charge in [-0.05, 0) is 18.1 Å². The van der Waals surface area contributed by atoms with Crippen molar-refractivity contribution < 1.29 is 4.74 Å². The summed E-state index contributed by atoms with van der Waals surface area (Å²) in [5.74, 6) is 2.12. The van der Waals surface area contributed by atoms with E-state index in [2.05, 4.69) is 10.1 Å². The van der Waals surface area contributed by atoms with Crippen molar-refractivity contribution in [3.63, 3.8) is 0 Å². The fourth-order valence-corrected chi connectivity index (χ4v) is 3.48. The van der Waals surface area contributed by atoms with E-state index in [4.69, 9.17) is 9.72 Å². The molecule has 24 heavy (non-hydrogen) atoms. The van der Waals surface area contributed by atoms with Crippen LogP contribution in [0.5, 0.6) is 5.75 Å². The highest BCUT2D eigenvalue weighted by molar-refractivity contribution is 5.75. The summed E-state index contributed by atoms with van der Waals surface area (Å²) in [4.78, 5) is 20.0. The Morgan fingerprint density at radius 3 is 2.96 bits per heavy atom. The van der Waals surface area contributed by atoms with Gasteiger partial charge in [0.2, 0.25) is 0 Å². The van der Waals surface area contributed by atoms with E-state index >= 15 is 0 Å². The zero-order valence-electron chi connectivity index (χ0n) is 13.7. The van der Waals surface area contributed by atoms with E-state index < -0.39 is 0 Å². The molecular weight excluding hydrogens is 304 g/mol. The van der Waals surface area contributed by atoms with E-state index in [1.54, 1.807) is 18.0 Å². The average Bonchev–Trinajstić information content (AvgIpc) is 3.25. The first kappa shape index (κ1) is 14.9. The predicted molar refractivity (Wildman–Crippen MR) is 91.7 cm³/mol. The Bertz CT molecular complexity index is 922. The topological polar surface area (TPSA) is 72.8 Å². The van der Waals surface area contributed by atoms with E-state index in [1.165, 1.54) is 25.7 Å². The minimum atomic E-state index is -0.123. The molecule has 1 aliphatic carbocycles. The molecule has 3 aromatic rings. The van der Waals surface area contributed by atoms with Gasteiger partial charge in [-0.1, -0.05) is 31.7 Å². The minimum Gasteiger partial charge on any atom is -0.497 e. The zero-order valence-corrected chi connectivity index (χ0v) is 13.7. The van der Waals surface area contributed by atoms with Gasteiger partial charge in [0.05, 0.1) is 19.0 Å². The smallest absolute Gasteiger partial charge is 0.262 e. The monoisotopic (exact) mass is 324 g/mol. The highest BCUT2D eigenvalue weighted by Crippen LogP contribution is 2.27. The molecule has 4 rings (SSSR count). The summed E-state index contributed by atoms with van der Waals surface area (Å²) in [6, 6.07) is 7.58. The van der Waals surface area contributed by atoms with E-state index in [-0.39, 0.29) is 5.56 Å². The number of rotatable bonds is 4. The SMILES string of the molecule is COc1cccc(-n2ncc3c(=O)[nH]c(CC4CCCC4)nc32)c1. The van der Waals surface area contributed by atoms with Gasteiger partial charge >= 0.3 is 0 Å². The molecule has 2 heterocycles. The molecule has 0 atom stereocenters. The number of hydrogen-bond acceptors (Lipinski definition) is 4. The molecule has 0 unspecified atom stereocenters. The third-order valence-corrected chi connectivity index (χ3v) is 4.74. The number of benzene rings is 1. The molecule has 0 saturated heterocycles. The van der Waals surface area contributed by atoms with Gasteiger partial charge < -0.3 is 9.72 Å². The van der Waals surface area contributed by atoms with Gasteiger partial charge in [0.25, 0.3) is 5.56 Å². The number of fused-ring (bicyclic) bond motifs is 1. The first-order valence-electron chi connectivity index (χ1n) is 8.36. The molecule has 2 aromatic heterocycles. The highest BCUT2D eigenvalue weighted by atomic mass is 16.5. The van der Waals surface area contributed by atoms with Gasteiger partial charge in [0.1, 0.15) is 17.0 Å². The molecule has 124 valence electrons. The first-order chi connectivity index (χ1) is 11.7. The van der Waals surface area contributed by atoms with Crippen LogP contribution in [0.25, 0.3) is 16.7 Å². The molecule has 0 spiro atoms. The Balaban J connectivity index is 1.78. The van der Waals surface area contributed by atoms with Crippen LogP contribution in [-0.4, -0.2) is 26.9 Å². The third kappa shape index (κ3) is 2.68. The third-order valence-electron chi connectivity index (χ3n) is 4.74. The van der Waals surface area contributed by atoms with E-state index in [1.807, 2.05) is 24.3 Å². The quantitative estimate of drug-likeness (QED) is 0.801. The molecule has 0 radical (unpaired) electrons. The van der Waals surface area contributed by atoms with Crippen molar-refractivity contribution in [1.82, 2.24) is 19.7 Å². The number of H-pyrrole nitrogens is 1. The molecule has 1 N–H and O–H groups in total. The van der Waals surface area contributed by atoms with Gasteiger partial charge in [-0.3, -0.25) is 4.79 Å². The second kappa shape index (κ2) is 6.11. The predicted octanol–water partition coefficient (Wildman–Crippen LogP) is 2.85. The maximum atomic E-state index is 12.4. The summed E-state index contributed by atoms with van der Waals surface area (Å²) in [5.41, 5.74) is 1.30. The van der Waals surface area contributed by atoms with Gasteiger partial charge in [-0.2, -0.15) is 5.10 Å². The standard InChI is InChI=1S/C18H20N4O2/c1-24-14-8-4-7-13(10-14)22-17-15(11-19-22)18(23)21-16(20-17)9-12-5-2-3-6-12/h4,7-8,10-12H,2-3,5-6,9H2,1H3,(H,20,21,23). The van der Waals surface area contributed by atoms with Crippen LogP contribution in [0, 0.1) is 5.92 Å². The molecule has 1 fully saturated rings. The summed E-state index contributed by atoms with van der Waals surface area (Å²) in [7, 11) is 1.63. The Hall–Kier alpha value is -2.63. The van der Waals surface area contributed by atoms with Crippen LogP contribution in [0.2, 0.25) is 0 Å². The lowest BCUT2D eigenvalue weighted by Crippen LogP contribution is -2.14. The van der Waals surface area contributed by atoms with Crippen LogP contribution < -0.4 is 10.3 Å². The van der Waals surface area contributed by atoms with Crippen molar-refractivity contribution >= 4 is 11.0 Å². The highest BCUT2D eigenvalue weighted by Gasteiger charge is 2.18. The van der Waals surface area contributed by atoms with Crippen LogP contribution >= 0.6 is 0 Å². The molecule has 1 aromatic carbocycles. The summed E-state index contributed by atoms with van der Waals surface area (Å²) in [5, 5.41) is 4.86. The van der Waals surface area contributed by atoms with Crippen molar-refractivity contribution in [3.05, 3.63) is 46.6 Å². The number of ether oxygens (including phenoxy) is 1. The van der Waals surface area contributed by atoms with E-state index in [9.17, 15) is 4.79 Å². The van der Waals surface area contributed by atoms with Crippen LogP contribution in [0.3, 0.4) is 0 Å². The van der Waals surface area contributed by atoms with Gasteiger partial charge in [-0.25, -0.2) is 9.67 Å². The number of nitrogens with one attached hydrogen (secondary N) is 1. The number of hydrogen-bond donors (Lipinski definition) is 1. The van der Waals surface area contributed by atoms with Crippen LogP contribution in [-0.2, 0) is 6.42 Å².